The van der Waals surface area contributed by atoms with E-state index in [1.54, 1.807) is 24.7 Å². The quantitative estimate of drug-likeness (QED) is 0.851. The summed E-state index contributed by atoms with van der Waals surface area (Å²) in [6.45, 7) is 3.23. The predicted molar refractivity (Wildman–Crippen MR) is 81.9 cm³/mol. The Labute approximate surface area is 130 Å². The molecule has 0 N–H and O–H groups in total. The summed E-state index contributed by atoms with van der Waals surface area (Å²) in [5.74, 6) is 0.886. The molecule has 2 heterocycles. The molecule has 1 aromatic heterocycles. The van der Waals surface area contributed by atoms with Gasteiger partial charge >= 0.3 is 0 Å². The maximum absolute atomic E-state index is 13.7. The average Bonchev–Trinajstić information content (AvgIpc) is 2.57. The van der Waals surface area contributed by atoms with Crippen LogP contribution in [0.4, 0.5) is 4.39 Å². The van der Waals surface area contributed by atoms with Crippen LogP contribution in [0.1, 0.15) is 18.4 Å². The second kappa shape index (κ2) is 7.31. The number of benzene rings is 1. The number of rotatable bonds is 5. The van der Waals surface area contributed by atoms with Crippen LogP contribution in [0, 0.1) is 11.7 Å². The van der Waals surface area contributed by atoms with Crippen LogP contribution in [0.25, 0.3) is 0 Å². The summed E-state index contributed by atoms with van der Waals surface area (Å²) in [5.41, 5.74) is 0.762. The zero-order valence-corrected chi connectivity index (χ0v) is 12.5. The van der Waals surface area contributed by atoms with Gasteiger partial charge in [0.25, 0.3) is 0 Å². The van der Waals surface area contributed by atoms with Crippen LogP contribution < -0.4 is 4.74 Å². The van der Waals surface area contributed by atoms with Crippen molar-refractivity contribution in [2.24, 2.45) is 5.92 Å². The molecular weight excluding hydrogens is 281 g/mol. The van der Waals surface area contributed by atoms with Crippen molar-refractivity contribution in [1.82, 2.24) is 14.9 Å². The Morgan fingerprint density at radius 2 is 2.18 bits per heavy atom. The number of likely N-dealkylation sites (tertiary alicyclic amines) is 1. The third kappa shape index (κ3) is 4.01. The molecule has 3 rings (SSSR count). The molecule has 1 unspecified atom stereocenters. The fraction of sp³-hybridized carbons (Fsp3) is 0.412. The number of hydrogen-bond donors (Lipinski definition) is 0. The Morgan fingerprint density at radius 3 is 3.00 bits per heavy atom. The molecule has 0 bridgehead atoms. The number of piperidine rings is 1. The maximum Gasteiger partial charge on any atom is 0.232 e. The van der Waals surface area contributed by atoms with E-state index in [4.69, 9.17) is 4.74 Å². The Morgan fingerprint density at radius 1 is 1.27 bits per heavy atom. The molecule has 116 valence electrons. The van der Waals surface area contributed by atoms with E-state index in [9.17, 15) is 4.39 Å². The molecular formula is C17H20FN3O. The lowest BCUT2D eigenvalue weighted by Gasteiger charge is -2.32. The lowest BCUT2D eigenvalue weighted by molar-refractivity contribution is 0.122. The van der Waals surface area contributed by atoms with E-state index < -0.39 is 0 Å². The standard InChI is InChI=1S/C17H20FN3O/c18-16-6-2-1-5-15(16)12-21-9-3-4-14(11-21)13-22-17-10-19-7-8-20-17/h1-2,5-8,10,14H,3-4,9,11-13H2. The Balaban J connectivity index is 1.52. The van der Waals surface area contributed by atoms with Crippen molar-refractivity contribution in [1.29, 1.82) is 0 Å². The van der Waals surface area contributed by atoms with E-state index in [0.29, 0.717) is 24.9 Å². The van der Waals surface area contributed by atoms with Crippen LogP contribution in [0.15, 0.2) is 42.9 Å². The van der Waals surface area contributed by atoms with Crippen LogP contribution >= 0.6 is 0 Å². The second-order valence-electron chi connectivity index (χ2n) is 5.69. The van der Waals surface area contributed by atoms with Gasteiger partial charge in [0, 0.05) is 37.0 Å². The average molecular weight is 301 g/mol. The van der Waals surface area contributed by atoms with Gasteiger partial charge < -0.3 is 4.74 Å². The highest BCUT2D eigenvalue weighted by atomic mass is 19.1. The lowest BCUT2D eigenvalue weighted by atomic mass is 9.98. The van der Waals surface area contributed by atoms with Gasteiger partial charge in [0.1, 0.15) is 5.82 Å². The van der Waals surface area contributed by atoms with Gasteiger partial charge in [0.05, 0.1) is 12.8 Å². The summed E-state index contributed by atoms with van der Waals surface area (Å²) in [6, 6.07) is 6.99. The topological polar surface area (TPSA) is 38.2 Å². The normalized spacial score (nSPS) is 19.0. The molecule has 22 heavy (non-hydrogen) atoms. The largest absolute Gasteiger partial charge is 0.476 e. The van der Waals surface area contributed by atoms with Gasteiger partial charge in [-0.15, -0.1) is 0 Å². The Bertz CT molecular complexity index is 593. The Hall–Kier alpha value is -2.01. The molecule has 0 spiro atoms. The first-order valence-electron chi connectivity index (χ1n) is 7.66. The van der Waals surface area contributed by atoms with Crippen LogP contribution in [0.2, 0.25) is 0 Å². The third-order valence-electron chi connectivity index (χ3n) is 3.96. The molecule has 0 radical (unpaired) electrons. The van der Waals surface area contributed by atoms with Gasteiger partial charge in [-0.3, -0.25) is 9.88 Å². The summed E-state index contributed by atoms with van der Waals surface area (Å²) in [7, 11) is 0. The zero-order valence-electron chi connectivity index (χ0n) is 12.5. The molecule has 4 nitrogen and oxygen atoms in total. The minimum absolute atomic E-state index is 0.125. The van der Waals surface area contributed by atoms with E-state index in [-0.39, 0.29) is 5.82 Å². The first-order chi connectivity index (χ1) is 10.8. The molecule has 0 aliphatic carbocycles. The lowest BCUT2D eigenvalue weighted by Crippen LogP contribution is -2.37. The van der Waals surface area contributed by atoms with Gasteiger partial charge in [-0.1, -0.05) is 18.2 Å². The summed E-state index contributed by atoms with van der Waals surface area (Å²) >= 11 is 0. The van der Waals surface area contributed by atoms with Crippen molar-refractivity contribution in [3.05, 3.63) is 54.2 Å². The summed E-state index contributed by atoms with van der Waals surface area (Å²) < 4.78 is 19.4. The minimum Gasteiger partial charge on any atom is -0.476 e. The highest BCUT2D eigenvalue weighted by Crippen LogP contribution is 2.20. The number of nitrogens with zero attached hydrogens (tertiary/aromatic N) is 3. The van der Waals surface area contributed by atoms with Gasteiger partial charge in [0.2, 0.25) is 5.88 Å². The first kappa shape index (κ1) is 14.9. The van der Waals surface area contributed by atoms with Crippen LogP contribution in [0.5, 0.6) is 5.88 Å². The fourth-order valence-corrected chi connectivity index (χ4v) is 2.86. The summed E-state index contributed by atoms with van der Waals surface area (Å²) in [5, 5.41) is 0. The molecule has 0 amide bonds. The molecule has 5 heteroatoms. The van der Waals surface area contributed by atoms with Crippen molar-refractivity contribution in [3.8, 4) is 5.88 Å². The van der Waals surface area contributed by atoms with E-state index in [2.05, 4.69) is 14.9 Å². The summed E-state index contributed by atoms with van der Waals surface area (Å²) in [4.78, 5) is 10.4. The van der Waals surface area contributed by atoms with E-state index in [1.165, 1.54) is 6.07 Å². The third-order valence-corrected chi connectivity index (χ3v) is 3.96. The Kier molecular flexibility index (Phi) is 4.96. The predicted octanol–water partition coefficient (Wildman–Crippen LogP) is 2.91. The van der Waals surface area contributed by atoms with Crippen molar-refractivity contribution >= 4 is 0 Å². The van der Waals surface area contributed by atoms with Crippen molar-refractivity contribution < 1.29 is 9.13 Å². The SMILES string of the molecule is Fc1ccccc1CN1CCCC(COc2cnccn2)C1. The number of ether oxygens (including phenoxy) is 1. The fourth-order valence-electron chi connectivity index (χ4n) is 2.86. The molecule has 1 saturated heterocycles. The highest BCUT2D eigenvalue weighted by Gasteiger charge is 2.21. The van der Waals surface area contributed by atoms with Gasteiger partial charge in [-0.05, 0) is 25.5 Å². The molecule has 1 aliphatic rings. The van der Waals surface area contributed by atoms with Crippen molar-refractivity contribution in [2.45, 2.75) is 19.4 Å². The second-order valence-corrected chi connectivity index (χ2v) is 5.69. The van der Waals surface area contributed by atoms with Crippen LogP contribution in [-0.2, 0) is 6.54 Å². The molecule has 2 aromatic rings. The zero-order chi connectivity index (χ0) is 15.2. The first-order valence-corrected chi connectivity index (χ1v) is 7.66. The molecule has 0 saturated carbocycles. The summed E-state index contributed by atoms with van der Waals surface area (Å²) in [6.07, 6.45) is 7.13. The van der Waals surface area contributed by atoms with Crippen molar-refractivity contribution in [2.75, 3.05) is 19.7 Å². The number of aromatic nitrogens is 2. The smallest absolute Gasteiger partial charge is 0.232 e. The molecule has 1 aliphatic heterocycles. The highest BCUT2D eigenvalue weighted by molar-refractivity contribution is 5.17. The number of hydrogen-bond acceptors (Lipinski definition) is 4. The molecule has 1 fully saturated rings. The van der Waals surface area contributed by atoms with Gasteiger partial charge in [-0.25, -0.2) is 9.37 Å². The van der Waals surface area contributed by atoms with Crippen LogP contribution in [-0.4, -0.2) is 34.6 Å². The monoisotopic (exact) mass is 301 g/mol. The molecule has 1 aromatic carbocycles. The van der Waals surface area contributed by atoms with Crippen molar-refractivity contribution in [3.63, 3.8) is 0 Å². The minimum atomic E-state index is -0.125. The van der Waals surface area contributed by atoms with E-state index in [0.717, 1.165) is 31.5 Å². The van der Waals surface area contributed by atoms with Gasteiger partial charge in [-0.2, -0.15) is 0 Å². The molecule has 1 atom stereocenters. The van der Waals surface area contributed by atoms with Crippen LogP contribution in [0.3, 0.4) is 0 Å². The maximum atomic E-state index is 13.7. The van der Waals surface area contributed by atoms with Gasteiger partial charge in [0.15, 0.2) is 0 Å². The van der Waals surface area contributed by atoms with E-state index in [1.807, 2.05) is 12.1 Å². The van der Waals surface area contributed by atoms with E-state index >= 15 is 0 Å². The number of halogens is 1.